The molecular formula is C5H8O3S. The molecule has 0 spiro atoms. The lowest BCUT2D eigenvalue weighted by atomic mass is 10.4. The molecule has 3 nitrogen and oxygen atoms in total. The quantitative estimate of drug-likeness (QED) is 0.378. The van der Waals surface area contributed by atoms with Crippen molar-refractivity contribution in [3.63, 3.8) is 0 Å². The molecule has 0 bridgehead atoms. The van der Waals surface area contributed by atoms with E-state index in [0.29, 0.717) is 13.0 Å². The Balaban J connectivity index is 2.49. The molecule has 0 aromatic heterocycles. The molecule has 1 aliphatic heterocycles. The van der Waals surface area contributed by atoms with E-state index in [2.05, 4.69) is 4.74 Å². The topological polar surface area (TPSA) is 49.4 Å². The molecule has 52 valence electrons. The minimum absolute atomic E-state index is 0.309. The van der Waals surface area contributed by atoms with Gasteiger partial charge in [0.25, 0.3) is 0 Å². The van der Waals surface area contributed by atoms with Crippen molar-refractivity contribution in [1.82, 2.24) is 0 Å². The van der Waals surface area contributed by atoms with Gasteiger partial charge in [-0.2, -0.15) is 0 Å². The van der Waals surface area contributed by atoms with E-state index >= 15 is 0 Å². The molecule has 9 heavy (non-hydrogen) atoms. The highest BCUT2D eigenvalue weighted by molar-refractivity contribution is 7.92. The predicted molar refractivity (Wildman–Crippen MR) is 33.4 cm³/mol. The number of rotatable bonds is 1. The van der Waals surface area contributed by atoms with Gasteiger partial charge in [-0.1, -0.05) is 0 Å². The summed E-state index contributed by atoms with van der Waals surface area (Å²) in [5, 5.41) is -0.356. The minimum Gasteiger partial charge on any atom is -0.616 e. The van der Waals surface area contributed by atoms with Crippen molar-refractivity contribution in [3.8, 4) is 0 Å². The average Bonchev–Trinajstić information content (AvgIpc) is 2.13. The Morgan fingerprint density at radius 2 is 2.56 bits per heavy atom. The van der Waals surface area contributed by atoms with Gasteiger partial charge < -0.3 is 9.29 Å². The van der Waals surface area contributed by atoms with Crippen molar-refractivity contribution in [2.45, 2.75) is 11.7 Å². The fourth-order valence-electron chi connectivity index (χ4n) is 0.779. The Labute approximate surface area is 56.6 Å². The number of hydrogen-bond acceptors (Lipinski definition) is 3. The zero-order valence-electron chi connectivity index (χ0n) is 5.12. The van der Waals surface area contributed by atoms with E-state index in [9.17, 15) is 9.35 Å². The molecule has 1 aliphatic rings. The van der Waals surface area contributed by atoms with Gasteiger partial charge in [0.05, 0.1) is 12.9 Å². The maximum absolute atomic E-state index is 10.7. The first-order valence-corrected chi connectivity index (χ1v) is 4.33. The second-order valence-electron chi connectivity index (χ2n) is 1.94. The third-order valence-electron chi connectivity index (χ3n) is 1.29. The summed E-state index contributed by atoms with van der Waals surface area (Å²) in [4.78, 5) is 10.6. The summed E-state index contributed by atoms with van der Waals surface area (Å²) >= 11 is -1.05. The predicted octanol–water partition coefficient (Wildman–Crippen LogP) is -0.320. The zero-order chi connectivity index (χ0) is 6.85. The lowest BCUT2D eigenvalue weighted by molar-refractivity contribution is -0.137. The molecule has 2 atom stereocenters. The summed E-state index contributed by atoms with van der Waals surface area (Å²) in [6, 6.07) is 0. The van der Waals surface area contributed by atoms with E-state index in [-0.39, 0.29) is 11.2 Å². The molecule has 0 N–H and O–H groups in total. The maximum Gasteiger partial charge on any atom is 0.359 e. The van der Waals surface area contributed by atoms with E-state index < -0.39 is 11.2 Å². The number of carbonyl (C=O) groups excluding carboxylic acids is 1. The van der Waals surface area contributed by atoms with Gasteiger partial charge in [-0.3, -0.25) is 0 Å². The Morgan fingerprint density at radius 1 is 1.89 bits per heavy atom. The lowest BCUT2D eigenvalue weighted by Gasteiger charge is -2.07. The van der Waals surface area contributed by atoms with Gasteiger partial charge in [-0.05, 0) is 11.2 Å². The highest BCUT2D eigenvalue weighted by Gasteiger charge is 2.34. The summed E-state index contributed by atoms with van der Waals surface area (Å²) in [7, 11) is 0. The van der Waals surface area contributed by atoms with Crippen molar-refractivity contribution in [2.24, 2.45) is 0 Å². The van der Waals surface area contributed by atoms with Gasteiger partial charge in [0.15, 0.2) is 0 Å². The summed E-state index contributed by atoms with van der Waals surface area (Å²) in [5.41, 5.74) is 0. The van der Waals surface area contributed by atoms with E-state index in [4.69, 9.17) is 0 Å². The average molecular weight is 148 g/mol. The number of hydrogen-bond donors (Lipinski definition) is 0. The van der Waals surface area contributed by atoms with Crippen molar-refractivity contribution in [2.75, 3.05) is 12.9 Å². The van der Waals surface area contributed by atoms with Gasteiger partial charge in [0.2, 0.25) is 5.25 Å². The smallest absolute Gasteiger partial charge is 0.359 e. The molecule has 1 fully saturated rings. The van der Waals surface area contributed by atoms with Crippen LogP contribution < -0.4 is 0 Å². The van der Waals surface area contributed by atoms with Crippen LogP contribution in [0.1, 0.15) is 6.42 Å². The van der Waals surface area contributed by atoms with E-state index in [1.165, 1.54) is 6.26 Å². The first kappa shape index (κ1) is 6.89. The van der Waals surface area contributed by atoms with Crippen molar-refractivity contribution in [1.29, 1.82) is 0 Å². The van der Waals surface area contributed by atoms with Crippen LogP contribution in [0.4, 0.5) is 0 Å². The third kappa shape index (κ3) is 1.37. The molecular weight excluding hydrogens is 140 g/mol. The lowest BCUT2D eigenvalue weighted by Crippen LogP contribution is -2.24. The molecule has 0 saturated carbocycles. The zero-order valence-corrected chi connectivity index (χ0v) is 5.94. The molecule has 2 unspecified atom stereocenters. The van der Waals surface area contributed by atoms with E-state index in [1.54, 1.807) is 0 Å². The Hall–Kier alpha value is -0.220. The van der Waals surface area contributed by atoms with Gasteiger partial charge in [0.1, 0.15) is 0 Å². The molecule has 0 aromatic rings. The van der Waals surface area contributed by atoms with Crippen molar-refractivity contribution < 1.29 is 14.1 Å². The summed E-state index contributed by atoms with van der Waals surface area (Å²) in [6.07, 6.45) is 2.14. The van der Waals surface area contributed by atoms with Crippen LogP contribution >= 0.6 is 0 Å². The first-order chi connectivity index (χ1) is 4.22. The molecule has 0 radical (unpaired) electrons. The van der Waals surface area contributed by atoms with E-state index in [1.807, 2.05) is 0 Å². The van der Waals surface area contributed by atoms with Gasteiger partial charge in [-0.15, -0.1) is 0 Å². The number of cyclic esters (lactones) is 1. The highest BCUT2D eigenvalue weighted by Crippen LogP contribution is 2.13. The summed E-state index contributed by atoms with van der Waals surface area (Å²) in [5.74, 6) is -0.309. The van der Waals surface area contributed by atoms with Crippen LogP contribution in [-0.4, -0.2) is 28.6 Å². The monoisotopic (exact) mass is 148 g/mol. The van der Waals surface area contributed by atoms with Crippen LogP contribution in [0.15, 0.2) is 0 Å². The highest BCUT2D eigenvalue weighted by atomic mass is 32.2. The van der Waals surface area contributed by atoms with Crippen LogP contribution in [0.25, 0.3) is 0 Å². The molecule has 1 rings (SSSR count). The number of esters is 1. The minimum atomic E-state index is -1.05. The molecule has 4 heteroatoms. The SMILES string of the molecule is C[S+]([O-])C1CCOC1=O. The van der Waals surface area contributed by atoms with Crippen LogP contribution in [0, 0.1) is 0 Å². The van der Waals surface area contributed by atoms with Crippen molar-refractivity contribution in [3.05, 3.63) is 0 Å². The molecule has 0 amide bonds. The second kappa shape index (κ2) is 2.58. The molecule has 0 aromatic carbocycles. The fraction of sp³-hybridized carbons (Fsp3) is 0.800. The normalized spacial score (nSPS) is 30.0. The largest absolute Gasteiger partial charge is 0.616 e. The number of carbonyl (C=O) groups is 1. The van der Waals surface area contributed by atoms with Gasteiger partial charge in [0, 0.05) is 6.42 Å². The Bertz CT molecular complexity index is 123. The van der Waals surface area contributed by atoms with Gasteiger partial charge in [-0.25, -0.2) is 4.79 Å². The van der Waals surface area contributed by atoms with E-state index in [0.717, 1.165) is 0 Å². The fourth-order valence-corrected chi connectivity index (χ4v) is 1.55. The molecule has 0 aliphatic carbocycles. The van der Waals surface area contributed by atoms with Crippen LogP contribution in [0.3, 0.4) is 0 Å². The summed E-state index contributed by atoms with van der Waals surface area (Å²) in [6.45, 7) is 0.434. The molecule has 1 heterocycles. The maximum atomic E-state index is 10.7. The first-order valence-electron chi connectivity index (χ1n) is 2.70. The van der Waals surface area contributed by atoms with Crippen LogP contribution in [0.2, 0.25) is 0 Å². The molecule has 1 saturated heterocycles. The Morgan fingerprint density at radius 3 is 2.78 bits per heavy atom. The Kier molecular flexibility index (Phi) is 1.97. The van der Waals surface area contributed by atoms with Crippen molar-refractivity contribution >= 4 is 17.1 Å². The second-order valence-corrected chi connectivity index (χ2v) is 3.51. The third-order valence-corrected chi connectivity index (χ3v) is 2.52. The number of ether oxygens (including phenoxy) is 1. The van der Waals surface area contributed by atoms with Gasteiger partial charge >= 0.3 is 5.97 Å². The summed E-state index contributed by atoms with van der Waals surface area (Å²) < 4.78 is 15.3. The van der Waals surface area contributed by atoms with Crippen LogP contribution in [-0.2, 0) is 20.7 Å². The standard InChI is InChI=1S/C5H8O3S/c1-9(7)4-2-3-8-5(4)6/h4H,2-3H2,1H3. The van der Waals surface area contributed by atoms with Crippen LogP contribution in [0.5, 0.6) is 0 Å².